The highest BCUT2D eigenvalue weighted by molar-refractivity contribution is 5.47. The highest BCUT2D eigenvalue weighted by Crippen LogP contribution is 2.31. The lowest BCUT2D eigenvalue weighted by Crippen LogP contribution is -2.30. The van der Waals surface area contributed by atoms with E-state index in [1.165, 1.54) is 24.8 Å². The molecule has 5 nitrogen and oxygen atoms in total. The average molecular weight is 370 g/mol. The number of nitrogens with zero attached hydrogens (tertiary/aromatic N) is 2. The van der Waals surface area contributed by atoms with Crippen molar-refractivity contribution >= 4 is 5.82 Å². The van der Waals surface area contributed by atoms with E-state index in [1.54, 1.807) is 0 Å². The van der Waals surface area contributed by atoms with Gasteiger partial charge in [0, 0.05) is 37.9 Å². The SMILES string of the molecule is CCOc1cccc(CNCc2ccnc(N3CCCCC3)c2)c1OCC. The third-order valence-electron chi connectivity index (χ3n) is 4.78. The van der Waals surface area contributed by atoms with E-state index >= 15 is 0 Å². The van der Waals surface area contributed by atoms with E-state index in [9.17, 15) is 0 Å². The predicted octanol–water partition coefficient (Wildman–Crippen LogP) is 4.16. The molecule has 1 fully saturated rings. The van der Waals surface area contributed by atoms with Crippen LogP contribution in [0.2, 0.25) is 0 Å². The van der Waals surface area contributed by atoms with E-state index in [1.807, 2.05) is 32.2 Å². The second kappa shape index (κ2) is 10.2. The second-order valence-electron chi connectivity index (χ2n) is 6.78. The molecule has 146 valence electrons. The van der Waals surface area contributed by atoms with Crippen molar-refractivity contribution in [1.82, 2.24) is 10.3 Å². The summed E-state index contributed by atoms with van der Waals surface area (Å²) in [6.07, 6.45) is 5.78. The fourth-order valence-corrected chi connectivity index (χ4v) is 3.49. The first-order valence-electron chi connectivity index (χ1n) is 10.1. The minimum atomic E-state index is 0.626. The Morgan fingerprint density at radius 3 is 2.59 bits per heavy atom. The lowest BCUT2D eigenvalue weighted by atomic mass is 10.1. The molecule has 1 aromatic heterocycles. The van der Waals surface area contributed by atoms with E-state index in [-0.39, 0.29) is 0 Å². The number of hydrogen-bond donors (Lipinski definition) is 1. The maximum atomic E-state index is 5.84. The molecule has 0 saturated carbocycles. The Labute approximate surface area is 162 Å². The van der Waals surface area contributed by atoms with Gasteiger partial charge in [-0.3, -0.25) is 0 Å². The number of anilines is 1. The average Bonchev–Trinajstić information content (AvgIpc) is 2.71. The number of ether oxygens (including phenoxy) is 2. The summed E-state index contributed by atoms with van der Waals surface area (Å²) < 4.78 is 11.6. The monoisotopic (exact) mass is 369 g/mol. The Kier molecular flexibility index (Phi) is 7.34. The number of piperidine rings is 1. The van der Waals surface area contributed by atoms with Crippen molar-refractivity contribution in [3.63, 3.8) is 0 Å². The number of benzene rings is 1. The molecular formula is C22H31N3O2. The number of aromatic nitrogens is 1. The Balaban J connectivity index is 1.62. The van der Waals surface area contributed by atoms with Gasteiger partial charge < -0.3 is 19.7 Å². The molecule has 3 rings (SSSR count). The van der Waals surface area contributed by atoms with E-state index < -0.39 is 0 Å². The summed E-state index contributed by atoms with van der Waals surface area (Å²) in [6, 6.07) is 10.4. The summed E-state index contributed by atoms with van der Waals surface area (Å²) in [6.45, 7) is 9.01. The standard InChI is InChI=1S/C22H31N3O2/c1-3-26-20-10-8-9-19(22(20)27-4-2)17-23-16-18-11-12-24-21(15-18)25-13-6-5-7-14-25/h8-12,15,23H,3-7,13-14,16-17H2,1-2H3. The molecule has 0 atom stereocenters. The van der Waals surface area contributed by atoms with E-state index in [0.29, 0.717) is 13.2 Å². The van der Waals surface area contributed by atoms with Gasteiger partial charge in [-0.05, 0) is 56.9 Å². The van der Waals surface area contributed by atoms with Gasteiger partial charge in [-0.25, -0.2) is 4.98 Å². The molecule has 2 heterocycles. The molecule has 5 heteroatoms. The molecule has 1 N–H and O–H groups in total. The summed E-state index contributed by atoms with van der Waals surface area (Å²) in [7, 11) is 0. The van der Waals surface area contributed by atoms with Crippen LogP contribution in [0.3, 0.4) is 0 Å². The molecule has 0 spiro atoms. The molecule has 1 aliphatic heterocycles. The van der Waals surface area contributed by atoms with Crippen molar-refractivity contribution in [2.24, 2.45) is 0 Å². The molecule has 1 aliphatic rings. The number of hydrogen-bond acceptors (Lipinski definition) is 5. The smallest absolute Gasteiger partial charge is 0.165 e. The fourth-order valence-electron chi connectivity index (χ4n) is 3.49. The minimum absolute atomic E-state index is 0.626. The van der Waals surface area contributed by atoms with Crippen LogP contribution in [-0.2, 0) is 13.1 Å². The Morgan fingerprint density at radius 2 is 1.81 bits per heavy atom. The van der Waals surface area contributed by atoms with Gasteiger partial charge in [0.25, 0.3) is 0 Å². The van der Waals surface area contributed by atoms with Crippen molar-refractivity contribution < 1.29 is 9.47 Å². The van der Waals surface area contributed by atoms with Crippen LogP contribution in [-0.4, -0.2) is 31.3 Å². The van der Waals surface area contributed by atoms with Crippen LogP contribution in [0.5, 0.6) is 11.5 Å². The zero-order chi connectivity index (χ0) is 18.9. The van der Waals surface area contributed by atoms with Crippen LogP contribution in [0.1, 0.15) is 44.2 Å². The molecule has 27 heavy (non-hydrogen) atoms. The van der Waals surface area contributed by atoms with Crippen LogP contribution in [0.25, 0.3) is 0 Å². The van der Waals surface area contributed by atoms with Gasteiger partial charge in [-0.15, -0.1) is 0 Å². The summed E-state index contributed by atoms with van der Waals surface area (Å²) in [4.78, 5) is 6.96. The quantitative estimate of drug-likeness (QED) is 0.719. The van der Waals surface area contributed by atoms with Gasteiger partial charge in [0.05, 0.1) is 13.2 Å². The highest BCUT2D eigenvalue weighted by Gasteiger charge is 2.13. The maximum absolute atomic E-state index is 5.84. The lowest BCUT2D eigenvalue weighted by molar-refractivity contribution is 0.284. The molecule has 1 aromatic carbocycles. The molecule has 1 saturated heterocycles. The summed E-state index contributed by atoms with van der Waals surface area (Å²) in [5.41, 5.74) is 2.37. The highest BCUT2D eigenvalue weighted by atomic mass is 16.5. The molecule has 0 radical (unpaired) electrons. The zero-order valence-corrected chi connectivity index (χ0v) is 16.5. The fraction of sp³-hybridized carbons (Fsp3) is 0.500. The molecule has 2 aromatic rings. The topological polar surface area (TPSA) is 46.6 Å². The first-order valence-corrected chi connectivity index (χ1v) is 10.1. The van der Waals surface area contributed by atoms with Gasteiger partial charge in [-0.1, -0.05) is 12.1 Å². The summed E-state index contributed by atoms with van der Waals surface area (Å²) >= 11 is 0. The van der Waals surface area contributed by atoms with E-state index in [0.717, 1.165) is 49.1 Å². The van der Waals surface area contributed by atoms with Gasteiger partial charge in [-0.2, -0.15) is 0 Å². The number of pyridine rings is 1. The largest absolute Gasteiger partial charge is 0.490 e. The third kappa shape index (κ3) is 5.36. The normalized spacial score (nSPS) is 14.2. The summed E-state index contributed by atoms with van der Waals surface area (Å²) in [5, 5.41) is 3.53. The second-order valence-corrected chi connectivity index (χ2v) is 6.78. The number of rotatable bonds is 9. The van der Waals surface area contributed by atoms with Crippen LogP contribution < -0.4 is 19.7 Å². The van der Waals surface area contributed by atoms with Crippen molar-refractivity contribution in [3.05, 3.63) is 47.7 Å². The molecule has 0 bridgehead atoms. The van der Waals surface area contributed by atoms with Gasteiger partial charge in [0.1, 0.15) is 5.82 Å². The molecule has 0 amide bonds. The molecule has 0 unspecified atom stereocenters. The predicted molar refractivity (Wildman–Crippen MR) is 110 cm³/mol. The van der Waals surface area contributed by atoms with E-state index in [4.69, 9.17) is 9.47 Å². The third-order valence-corrected chi connectivity index (χ3v) is 4.78. The van der Waals surface area contributed by atoms with Crippen molar-refractivity contribution in [2.45, 2.75) is 46.2 Å². The first-order chi connectivity index (χ1) is 13.3. The van der Waals surface area contributed by atoms with Crippen molar-refractivity contribution in [2.75, 3.05) is 31.2 Å². The van der Waals surface area contributed by atoms with Crippen LogP contribution >= 0.6 is 0 Å². The van der Waals surface area contributed by atoms with E-state index in [2.05, 4.69) is 33.4 Å². The number of nitrogens with one attached hydrogen (secondary N) is 1. The van der Waals surface area contributed by atoms with Crippen LogP contribution in [0.4, 0.5) is 5.82 Å². The lowest BCUT2D eigenvalue weighted by Gasteiger charge is -2.28. The summed E-state index contributed by atoms with van der Waals surface area (Å²) in [5.74, 6) is 2.76. The van der Waals surface area contributed by atoms with Crippen LogP contribution in [0.15, 0.2) is 36.5 Å². The maximum Gasteiger partial charge on any atom is 0.165 e. The Hall–Kier alpha value is -2.27. The van der Waals surface area contributed by atoms with Gasteiger partial charge >= 0.3 is 0 Å². The Bertz CT molecular complexity index is 714. The zero-order valence-electron chi connectivity index (χ0n) is 16.5. The van der Waals surface area contributed by atoms with Gasteiger partial charge in [0.15, 0.2) is 11.5 Å². The first kappa shape index (κ1) is 19.5. The number of para-hydroxylation sites is 1. The Morgan fingerprint density at radius 1 is 1.00 bits per heavy atom. The van der Waals surface area contributed by atoms with Crippen molar-refractivity contribution in [3.8, 4) is 11.5 Å². The minimum Gasteiger partial charge on any atom is -0.490 e. The van der Waals surface area contributed by atoms with Crippen LogP contribution in [0, 0.1) is 0 Å². The van der Waals surface area contributed by atoms with Gasteiger partial charge in [0.2, 0.25) is 0 Å². The molecule has 0 aliphatic carbocycles. The molecular weight excluding hydrogens is 338 g/mol. The van der Waals surface area contributed by atoms with Crippen molar-refractivity contribution in [1.29, 1.82) is 0 Å².